The molecule has 3 aromatic rings. The van der Waals surface area contributed by atoms with Crippen LogP contribution in [-0.2, 0) is 25.2 Å². The molecule has 0 spiro atoms. The van der Waals surface area contributed by atoms with Crippen molar-refractivity contribution < 1.29 is 31.1 Å². The van der Waals surface area contributed by atoms with E-state index in [2.05, 4.69) is 15.6 Å². The Labute approximate surface area is 179 Å². The summed E-state index contributed by atoms with van der Waals surface area (Å²) in [6, 6.07) is 7.97. The molecule has 4 rings (SSSR count). The van der Waals surface area contributed by atoms with Gasteiger partial charge < -0.3 is 15.6 Å². The number of aromatic nitrogens is 1. The first-order valence-corrected chi connectivity index (χ1v) is 9.91. The Hall–Kier alpha value is -3.17. The van der Waals surface area contributed by atoms with E-state index in [0.29, 0.717) is 6.42 Å². The molecule has 2 aromatic carbocycles. The van der Waals surface area contributed by atoms with Crippen molar-refractivity contribution in [3.63, 3.8) is 0 Å². The standard InChI is InChI=1S/C22H19F6N3O/c23-21(24,25)14-7-12(8-15(10-14)22(26,27)28)5-6-18-19(31-20(32)30-18)9-13-11-29-17-4-2-1-3-16(13)17/h1-4,7-8,10-11,18-19,29H,5-6,9H2,(H2,30,31,32). The minimum absolute atomic E-state index is 0.0516. The zero-order valence-corrected chi connectivity index (χ0v) is 16.6. The number of benzene rings is 2. The van der Waals surface area contributed by atoms with E-state index < -0.39 is 35.6 Å². The smallest absolute Gasteiger partial charge is 0.361 e. The van der Waals surface area contributed by atoms with Crippen molar-refractivity contribution in [1.82, 2.24) is 15.6 Å². The summed E-state index contributed by atoms with van der Waals surface area (Å²) in [7, 11) is 0. The van der Waals surface area contributed by atoms with Gasteiger partial charge in [-0.05, 0) is 54.7 Å². The normalized spacial score (nSPS) is 19.2. The monoisotopic (exact) mass is 455 g/mol. The minimum Gasteiger partial charge on any atom is -0.361 e. The lowest BCUT2D eigenvalue weighted by atomic mass is 9.94. The molecule has 2 atom stereocenters. The van der Waals surface area contributed by atoms with Crippen LogP contribution in [0.3, 0.4) is 0 Å². The Morgan fingerprint density at radius 3 is 2.12 bits per heavy atom. The highest BCUT2D eigenvalue weighted by Crippen LogP contribution is 2.36. The van der Waals surface area contributed by atoms with Crippen molar-refractivity contribution in [3.8, 4) is 0 Å². The van der Waals surface area contributed by atoms with Crippen LogP contribution in [0.4, 0.5) is 31.1 Å². The van der Waals surface area contributed by atoms with Crippen LogP contribution in [-0.4, -0.2) is 23.1 Å². The van der Waals surface area contributed by atoms with Gasteiger partial charge in [-0.15, -0.1) is 0 Å². The van der Waals surface area contributed by atoms with Crippen LogP contribution in [0.5, 0.6) is 0 Å². The maximum absolute atomic E-state index is 13.1. The van der Waals surface area contributed by atoms with Crippen LogP contribution in [0.1, 0.15) is 28.7 Å². The summed E-state index contributed by atoms with van der Waals surface area (Å²) >= 11 is 0. The number of para-hydroxylation sites is 1. The second-order valence-corrected chi connectivity index (χ2v) is 7.85. The number of hydrogen-bond acceptors (Lipinski definition) is 1. The van der Waals surface area contributed by atoms with Gasteiger partial charge in [0, 0.05) is 17.1 Å². The summed E-state index contributed by atoms with van der Waals surface area (Å²) in [6.45, 7) is 0. The molecule has 32 heavy (non-hydrogen) atoms. The Morgan fingerprint density at radius 2 is 1.47 bits per heavy atom. The average molecular weight is 455 g/mol. The molecule has 2 unspecified atom stereocenters. The molecule has 1 fully saturated rings. The lowest BCUT2D eigenvalue weighted by Gasteiger charge is -2.19. The molecule has 1 saturated heterocycles. The Balaban J connectivity index is 1.52. The van der Waals surface area contributed by atoms with Crippen molar-refractivity contribution in [3.05, 3.63) is 70.9 Å². The van der Waals surface area contributed by atoms with Crippen molar-refractivity contribution in [2.45, 2.75) is 43.7 Å². The maximum Gasteiger partial charge on any atom is 0.416 e. The predicted octanol–water partition coefficient (Wildman–Crippen LogP) is 5.43. The molecule has 0 aliphatic carbocycles. The van der Waals surface area contributed by atoms with Crippen LogP contribution >= 0.6 is 0 Å². The first-order chi connectivity index (χ1) is 15.0. The number of carbonyl (C=O) groups excluding carboxylic acids is 1. The van der Waals surface area contributed by atoms with E-state index in [1.54, 1.807) is 0 Å². The molecule has 2 heterocycles. The molecule has 10 heteroatoms. The van der Waals surface area contributed by atoms with E-state index in [4.69, 9.17) is 0 Å². The molecule has 2 amide bonds. The van der Waals surface area contributed by atoms with Crippen LogP contribution in [0.15, 0.2) is 48.7 Å². The molecule has 0 saturated carbocycles. The van der Waals surface area contributed by atoms with Crippen molar-refractivity contribution in [2.75, 3.05) is 0 Å². The van der Waals surface area contributed by atoms with E-state index in [9.17, 15) is 31.1 Å². The fourth-order valence-electron chi connectivity index (χ4n) is 4.07. The molecule has 1 aliphatic heterocycles. The van der Waals surface area contributed by atoms with Crippen molar-refractivity contribution in [2.24, 2.45) is 0 Å². The van der Waals surface area contributed by atoms with Gasteiger partial charge in [-0.2, -0.15) is 26.3 Å². The SMILES string of the molecule is O=C1NC(CCc2cc(C(F)(F)F)cc(C(F)(F)F)c2)C(Cc2c[nH]c3ccccc23)N1. The highest BCUT2D eigenvalue weighted by atomic mass is 19.4. The number of urea groups is 1. The van der Waals surface area contributed by atoms with Gasteiger partial charge in [-0.3, -0.25) is 0 Å². The third kappa shape index (κ3) is 4.68. The first-order valence-electron chi connectivity index (χ1n) is 9.91. The Kier molecular flexibility index (Phi) is 5.56. The molecule has 0 radical (unpaired) electrons. The second kappa shape index (κ2) is 8.07. The van der Waals surface area contributed by atoms with Crippen LogP contribution < -0.4 is 10.6 Å². The molecule has 0 bridgehead atoms. The van der Waals surface area contributed by atoms with Crippen molar-refractivity contribution in [1.29, 1.82) is 0 Å². The summed E-state index contributed by atoms with van der Waals surface area (Å²) in [5, 5.41) is 6.50. The molecule has 4 nitrogen and oxygen atoms in total. The lowest BCUT2D eigenvalue weighted by Crippen LogP contribution is -2.35. The van der Waals surface area contributed by atoms with Gasteiger partial charge in [0.05, 0.1) is 23.2 Å². The molecular formula is C22H19F6N3O. The van der Waals surface area contributed by atoms with Gasteiger partial charge in [0.25, 0.3) is 0 Å². The Morgan fingerprint density at radius 1 is 0.844 bits per heavy atom. The average Bonchev–Trinajstić information content (AvgIpc) is 3.28. The van der Waals surface area contributed by atoms with Crippen LogP contribution in [0, 0.1) is 0 Å². The van der Waals surface area contributed by atoms with Gasteiger partial charge in [0.1, 0.15) is 0 Å². The van der Waals surface area contributed by atoms with Gasteiger partial charge in [-0.1, -0.05) is 18.2 Å². The Bertz CT molecular complexity index is 1100. The summed E-state index contributed by atoms with van der Waals surface area (Å²) < 4.78 is 78.6. The van der Waals surface area contributed by atoms with Gasteiger partial charge in [0.15, 0.2) is 0 Å². The summed E-state index contributed by atoms with van der Waals surface area (Å²) in [4.78, 5) is 15.1. The minimum atomic E-state index is -4.89. The third-order valence-electron chi connectivity index (χ3n) is 5.62. The fraction of sp³-hybridized carbons (Fsp3) is 0.318. The number of amides is 2. The summed E-state index contributed by atoms with van der Waals surface area (Å²) in [5.74, 6) is 0. The van der Waals surface area contributed by atoms with E-state index in [-0.39, 0.29) is 30.5 Å². The molecule has 1 aromatic heterocycles. The predicted molar refractivity (Wildman–Crippen MR) is 106 cm³/mol. The second-order valence-electron chi connectivity index (χ2n) is 7.85. The first kappa shape index (κ1) is 22.0. The number of aryl methyl sites for hydroxylation is 1. The third-order valence-corrected chi connectivity index (χ3v) is 5.62. The van der Waals surface area contributed by atoms with Gasteiger partial charge in [-0.25, -0.2) is 4.79 Å². The van der Waals surface area contributed by atoms with Crippen LogP contribution in [0.2, 0.25) is 0 Å². The lowest BCUT2D eigenvalue weighted by molar-refractivity contribution is -0.143. The highest BCUT2D eigenvalue weighted by molar-refractivity contribution is 5.83. The molecule has 3 N–H and O–H groups in total. The zero-order chi connectivity index (χ0) is 23.1. The topological polar surface area (TPSA) is 56.9 Å². The van der Waals surface area contributed by atoms with E-state index >= 15 is 0 Å². The number of alkyl halides is 6. The van der Waals surface area contributed by atoms with E-state index in [1.807, 2.05) is 30.5 Å². The number of fused-ring (bicyclic) bond motifs is 1. The summed E-state index contributed by atoms with van der Waals surface area (Å²) in [5.41, 5.74) is -0.880. The van der Waals surface area contributed by atoms with E-state index in [1.165, 1.54) is 0 Å². The number of rotatable bonds is 5. The number of aromatic amines is 1. The zero-order valence-electron chi connectivity index (χ0n) is 16.6. The number of hydrogen-bond donors (Lipinski definition) is 3. The van der Waals surface area contributed by atoms with E-state index in [0.717, 1.165) is 28.6 Å². The molecule has 170 valence electrons. The van der Waals surface area contributed by atoms with Crippen molar-refractivity contribution >= 4 is 16.9 Å². The van der Waals surface area contributed by atoms with Crippen LogP contribution in [0.25, 0.3) is 10.9 Å². The number of halogens is 6. The summed E-state index contributed by atoms with van der Waals surface area (Å²) in [6.07, 6.45) is -7.36. The highest BCUT2D eigenvalue weighted by Gasteiger charge is 2.37. The fourth-order valence-corrected chi connectivity index (χ4v) is 4.07. The number of nitrogens with one attached hydrogen (secondary N) is 3. The van der Waals surface area contributed by atoms with Gasteiger partial charge >= 0.3 is 18.4 Å². The number of carbonyl (C=O) groups is 1. The number of H-pyrrole nitrogens is 1. The maximum atomic E-state index is 13.1. The molecule has 1 aliphatic rings. The quantitative estimate of drug-likeness (QED) is 0.442. The molecular weight excluding hydrogens is 436 g/mol. The van der Waals surface area contributed by atoms with Gasteiger partial charge in [0.2, 0.25) is 0 Å². The largest absolute Gasteiger partial charge is 0.416 e.